The Hall–Kier alpha value is -4.14. The molecule has 4 aromatic carbocycles. The van der Waals surface area contributed by atoms with Crippen LogP contribution in [0.15, 0.2) is 114 Å². The van der Waals surface area contributed by atoms with Gasteiger partial charge >= 0.3 is 0 Å². The molecule has 0 aliphatic rings. The largest absolute Gasteiger partial charge is 0.352 e. The van der Waals surface area contributed by atoms with Crippen LogP contribution in [0.2, 0.25) is 5.02 Å². The first kappa shape index (κ1) is 32.8. The molecule has 0 aliphatic carbocycles. The number of carbonyl (C=O) groups excluding carboxylic acids is 2. The average Bonchev–Trinajstić information content (AvgIpc) is 3.03. The molecule has 0 aliphatic heterocycles. The van der Waals surface area contributed by atoms with Crippen LogP contribution in [0.5, 0.6) is 0 Å². The summed E-state index contributed by atoms with van der Waals surface area (Å²) in [4.78, 5) is 29.9. The van der Waals surface area contributed by atoms with Gasteiger partial charge in [-0.2, -0.15) is 0 Å². The Kier molecular flexibility index (Phi) is 11.2. The molecule has 0 spiro atoms. The van der Waals surface area contributed by atoms with Gasteiger partial charge in [0.1, 0.15) is 12.6 Å². The summed E-state index contributed by atoms with van der Waals surface area (Å²) in [7, 11) is -4.20. The van der Waals surface area contributed by atoms with E-state index in [9.17, 15) is 18.0 Å². The maximum Gasteiger partial charge on any atom is 0.264 e. The molecule has 0 bridgehead atoms. The molecule has 44 heavy (non-hydrogen) atoms. The topological polar surface area (TPSA) is 86.8 Å². The fraction of sp³-hybridized carbons (Fsp3) is 0.257. The molecule has 1 N–H and O–H groups in total. The van der Waals surface area contributed by atoms with E-state index in [1.54, 1.807) is 43.3 Å². The van der Waals surface area contributed by atoms with Gasteiger partial charge in [-0.25, -0.2) is 8.42 Å². The second-order valence-corrected chi connectivity index (χ2v) is 13.1. The number of rotatable bonds is 13. The number of halogens is 1. The first-order chi connectivity index (χ1) is 21.1. The van der Waals surface area contributed by atoms with Crippen LogP contribution in [-0.4, -0.2) is 43.8 Å². The van der Waals surface area contributed by atoms with Gasteiger partial charge in [-0.05, 0) is 61.2 Å². The predicted octanol–water partition coefficient (Wildman–Crippen LogP) is 6.40. The number of nitrogens with one attached hydrogen (secondary N) is 1. The van der Waals surface area contributed by atoms with Gasteiger partial charge in [0.15, 0.2) is 0 Å². The standard InChI is InChI=1S/C35H38ClN3O4S/c1-4-27(3)37-35(41)33(22-28-14-8-5-9-15-28)38(24-29-16-10-6-11-17-29)34(40)25-39(32-23-30(36)21-20-26(32)2)44(42,43)31-18-12-7-13-19-31/h5-21,23,27,33H,4,22,24-25H2,1-3H3,(H,37,41)/t27-,33-/m1/s1. The van der Waals surface area contributed by atoms with E-state index in [0.29, 0.717) is 17.0 Å². The van der Waals surface area contributed by atoms with Gasteiger partial charge in [0.2, 0.25) is 11.8 Å². The molecule has 0 heterocycles. The zero-order chi connectivity index (χ0) is 31.7. The van der Waals surface area contributed by atoms with E-state index in [0.717, 1.165) is 15.4 Å². The fourth-order valence-electron chi connectivity index (χ4n) is 4.86. The van der Waals surface area contributed by atoms with Crippen molar-refractivity contribution < 1.29 is 18.0 Å². The molecular weight excluding hydrogens is 594 g/mol. The van der Waals surface area contributed by atoms with Gasteiger partial charge in [-0.15, -0.1) is 0 Å². The molecule has 7 nitrogen and oxygen atoms in total. The Bertz CT molecular complexity index is 1650. The van der Waals surface area contributed by atoms with Crippen LogP contribution >= 0.6 is 11.6 Å². The Morgan fingerprint density at radius 3 is 2.00 bits per heavy atom. The van der Waals surface area contributed by atoms with Crippen LogP contribution in [0, 0.1) is 6.92 Å². The molecule has 2 amide bonds. The molecule has 4 aromatic rings. The van der Waals surface area contributed by atoms with Crippen molar-refractivity contribution in [1.29, 1.82) is 0 Å². The minimum atomic E-state index is -4.20. The third-order valence-electron chi connectivity index (χ3n) is 7.52. The van der Waals surface area contributed by atoms with Crippen LogP contribution in [0.3, 0.4) is 0 Å². The van der Waals surface area contributed by atoms with Gasteiger partial charge in [0.05, 0.1) is 10.6 Å². The van der Waals surface area contributed by atoms with Crippen LogP contribution < -0.4 is 9.62 Å². The third kappa shape index (κ3) is 8.27. The van der Waals surface area contributed by atoms with Gasteiger partial charge in [0.25, 0.3) is 10.0 Å². The van der Waals surface area contributed by atoms with E-state index < -0.39 is 28.5 Å². The summed E-state index contributed by atoms with van der Waals surface area (Å²) >= 11 is 6.34. The molecule has 4 rings (SSSR count). The summed E-state index contributed by atoms with van der Waals surface area (Å²) in [5.41, 5.74) is 2.61. The number of anilines is 1. The number of aryl methyl sites for hydroxylation is 1. The highest BCUT2D eigenvalue weighted by molar-refractivity contribution is 7.92. The van der Waals surface area contributed by atoms with Gasteiger partial charge < -0.3 is 10.2 Å². The van der Waals surface area contributed by atoms with Gasteiger partial charge in [-0.3, -0.25) is 13.9 Å². The summed E-state index contributed by atoms with van der Waals surface area (Å²) in [5.74, 6) is -0.822. The number of amides is 2. The number of carbonyl (C=O) groups is 2. The summed E-state index contributed by atoms with van der Waals surface area (Å²) in [5, 5.41) is 3.38. The van der Waals surface area contributed by atoms with Crippen molar-refractivity contribution in [3.8, 4) is 0 Å². The van der Waals surface area contributed by atoms with Crippen molar-refractivity contribution >= 4 is 39.1 Å². The van der Waals surface area contributed by atoms with Crippen molar-refractivity contribution in [3.05, 3.63) is 131 Å². The average molecular weight is 632 g/mol. The molecule has 0 aromatic heterocycles. The van der Waals surface area contributed by atoms with Crippen molar-refractivity contribution in [2.45, 2.75) is 57.1 Å². The first-order valence-corrected chi connectivity index (χ1v) is 16.4. The quantitative estimate of drug-likeness (QED) is 0.185. The number of benzene rings is 4. The molecule has 230 valence electrons. The minimum absolute atomic E-state index is 0.0390. The highest BCUT2D eigenvalue weighted by Gasteiger charge is 2.35. The molecule has 0 saturated carbocycles. The molecule has 0 unspecified atom stereocenters. The van der Waals surface area contributed by atoms with E-state index in [-0.39, 0.29) is 35.5 Å². The maximum atomic E-state index is 14.5. The predicted molar refractivity (Wildman–Crippen MR) is 176 cm³/mol. The van der Waals surface area contributed by atoms with Crippen LogP contribution in [0.1, 0.15) is 37.0 Å². The Balaban J connectivity index is 1.82. The van der Waals surface area contributed by atoms with Crippen molar-refractivity contribution in [1.82, 2.24) is 10.2 Å². The lowest BCUT2D eigenvalue weighted by atomic mass is 10.0. The third-order valence-corrected chi connectivity index (χ3v) is 9.53. The Morgan fingerprint density at radius 1 is 0.841 bits per heavy atom. The number of hydrogen-bond acceptors (Lipinski definition) is 4. The lowest BCUT2D eigenvalue weighted by molar-refractivity contribution is -0.140. The second kappa shape index (κ2) is 15.0. The van der Waals surface area contributed by atoms with Crippen LogP contribution in [0.4, 0.5) is 5.69 Å². The maximum absolute atomic E-state index is 14.5. The number of nitrogens with zero attached hydrogens (tertiary/aromatic N) is 2. The molecule has 0 saturated heterocycles. The Morgan fingerprint density at radius 2 is 1.41 bits per heavy atom. The fourth-order valence-corrected chi connectivity index (χ4v) is 6.52. The lowest BCUT2D eigenvalue weighted by Gasteiger charge is -2.34. The van der Waals surface area contributed by atoms with E-state index in [1.807, 2.05) is 74.5 Å². The van der Waals surface area contributed by atoms with Crippen molar-refractivity contribution in [2.75, 3.05) is 10.8 Å². The second-order valence-electron chi connectivity index (χ2n) is 10.8. The van der Waals surface area contributed by atoms with Gasteiger partial charge in [-0.1, -0.05) is 103 Å². The van der Waals surface area contributed by atoms with Gasteiger partial charge in [0, 0.05) is 24.0 Å². The van der Waals surface area contributed by atoms with E-state index >= 15 is 0 Å². The number of sulfonamides is 1. The summed E-state index contributed by atoms with van der Waals surface area (Å²) < 4.78 is 29.3. The van der Waals surface area contributed by atoms with E-state index in [4.69, 9.17) is 11.6 Å². The molecular formula is C35H38ClN3O4S. The van der Waals surface area contributed by atoms with Crippen LogP contribution in [-0.2, 0) is 32.6 Å². The SMILES string of the molecule is CC[C@@H](C)NC(=O)[C@@H](Cc1ccccc1)N(Cc1ccccc1)C(=O)CN(c1cc(Cl)ccc1C)S(=O)(=O)c1ccccc1. The monoisotopic (exact) mass is 631 g/mol. The van der Waals surface area contributed by atoms with E-state index in [2.05, 4.69) is 5.32 Å². The highest BCUT2D eigenvalue weighted by Crippen LogP contribution is 2.30. The first-order valence-electron chi connectivity index (χ1n) is 14.6. The highest BCUT2D eigenvalue weighted by atomic mass is 35.5. The Labute approximate surface area is 265 Å². The molecule has 0 radical (unpaired) electrons. The summed E-state index contributed by atoms with van der Waals surface area (Å²) in [6, 6.07) is 30.8. The summed E-state index contributed by atoms with van der Waals surface area (Å²) in [6.07, 6.45) is 0.969. The lowest BCUT2D eigenvalue weighted by Crippen LogP contribution is -2.54. The molecule has 0 fully saturated rings. The number of hydrogen-bond donors (Lipinski definition) is 1. The van der Waals surface area contributed by atoms with Crippen LogP contribution in [0.25, 0.3) is 0 Å². The molecule has 9 heteroatoms. The van der Waals surface area contributed by atoms with Crippen molar-refractivity contribution in [3.63, 3.8) is 0 Å². The van der Waals surface area contributed by atoms with E-state index in [1.165, 1.54) is 17.0 Å². The normalized spacial score (nSPS) is 12.6. The zero-order valence-electron chi connectivity index (χ0n) is 25.2. The molecule has 2 atom stereocenters. The summed E-state index contributed by atoms with van der Waals surface area (Å²) in [6.45, 7) is 5.23. The smallest absolute Gasteiger partial charge is 0.264 e. The minimum Gasteiger partial charge on any atom is -0.352 e. The zero-order valence-corrected chi connectivity index (χ0v) is 26.8. The van der Waals surface area contributed by atoms with Crippen molar-refractivity contribution in [2.24, 2.45) is 0 Å².